The van der Waals surface area contributed by atoms with Gasteiger partial charge in [0.1, 0.15) is 0 Å². The van der Waals surface area contributed by atoms with E-state index in [1.807, 2.05) is 0 Å². The zero-order valence-corrected chi connectivity index (χ0v) is 9.51. The molecule has 0 atom stereocenters. The number of hydrogen-bond donors (Lipinski definition) is 2. The molecular weight excluding hydrogens is 176 g/mol. The first kappa shape index (κ1) is 11.3. The molecule has 1 rings (SSSR count). The Morgan fingerprint density at radius 2 is 2.21 bits per heavy atom. The molecule has 0 saturated heterocycles. The highest BCUT2D eigenvalue weighted by Crippen LogP contribution is 2.16. The molecule has 0 aromatic rings. The van der Waals surface area contributed by atoms with Crippen LogP contribution in [0.3, 0.4) is 0 Å². The standard InChI is InChI=1S/C10H22N4/c1-10(2,3)14-8-7-13-9(14)12-6-4-5-11/h4-8,11H2,1-3H3,(H,12,13). The summed E-state index contributed by atoms with van der Waals surface area (Å²) >= 11 is 0. The molecule has 4 nitrogen and oxygen atoms in total. The Morgan fingerprint density at radius 3 is 2.79 bits per heavy atom. The van der Waals surface area contributed by atoms with Crippen LogP contribution in [0.1, 0.15) is 27.2 Å². The highest BCUT2D eigenvalue weighted by Gasteiger charge is 2.27. The summed E-state index contributed by atoms with van der Waals surface area (Å²) in [5.41, 5.74) is 5.60. The maximum Gasteiger partial charge on any atom is 0.194 e. The average molecular weight is 198 g/mol. The first-order valence-corrected chi connectivity index (χ1v) is 5.32. The fraction of sp³-hybridized carbons (Fsp3) is 0.900. The minimum Gasteiger partial charge on any atom is -0.356 e. The summed E-state index contributed by atoms with van der Waals surface area (Å²) in [4.78, 5) is 6.76. The molecule has 0 radical (unpaired) electrons. The van der Waals surface area contributed by atoms with Crippen molar-refractivity contribution in [1.29, 1.82) is 0 Å². The average Bonchev–Trinajstić information content (AvgIpc) is 2.52. The molecule has 0 saturated carbocycles. The summed E-state index contributed by atoms with van der Waals surface area (Å²) in [5.74, 6) is 1.03. The Hall–Kier alpha value is -0.770. The molecule has 0 spiro atoms. The molecule has 0 bridgehead atoms. The van der Waals surface area contributed by atoms with Gasteiger partial charge in [-0.3, -0.25) is 4.99 Å². The number of hydrogen-bond acceptors (Lipinski definition) is 4. The zero-order chi connectivity index (χ0) is 10.6. The number of nitrogens with two attached hydrogens (primary N) is 1. The molecule has 1 aliphatic rings. The third kappa shape index (κ3) is 2.87. The van der Waals surface area contributed by atoms with Crippen molar-refractivity contribution in [3.63, 3.8) is 0 Å². The quantitative estimate of drug-likeness (QED) is 0.645. The van der Waals surface area contributed by atoms with Crippen molar-refractivity contribution in [2.24, 2.45) is 10.7 Å². The van der Waals surface area contributed by atoms with Crippen molar-refractivity contribution in [2.75, 3.05) is 26.2 Å². The van der Waals surface area contributed by atoms with Gasteiger partial charge in [-0.1, -0.05) is 0 Å². The Morgan fingerprint density at radius 1 is 1.50 bits per heavy atom. The van der Waals surface area contributed by atoms with Gasteiger partial charge in [0.2, 0.25) is 0 Å². The summed E-state index contributed by atoms with van der Waals surface area (Å²) in [6, 6.07) is 0. The molecule has 1 heterocycles. The lowest BCUT2D eigenvalue weighted by Gasteiger charge is -2.34. The van der Waals surface area contributed by atoms with Crippen LogP contribution in [0.4, 0.5) is 0 Å². The van der Waals surface area contributed by atoms with Crippen LogP contribution in [0, 0.1) is 0 Å². The van der Waals surface area contributed by atoms with Crippen molar-refractivity contribution < 1.29 is 0 Å². The predicted octanol–water partition coefficient (Wildman–Crippen LogP) is 0.395. The van der Waals surface area contributed by atoms with E-state index < -0.39 is 0 Å². The minimum absolute atomic E-state index is 0.158. The lowest BCUT2D eigenvalue weighted by molar-refractivity contribution is 0.250. The molecule has 0 aromatic heterocycles. The van der Waals surface area contributed by atoms with Gasteiger partial charge in [-0.15, -0.1) is 0 Å². The van der Waals surface area contributed by atoms with Crippen LogP contribution in [-0.4, -0.2) is 42.6 Å². The molecule has 0 amide bonds. The molecule has 1 aliphatic heterocycles. The van der Waals surface area contributed by atoms with Crippen LogP contribution < -0.4 is 11.1 Å². The largest absolute Gasteiger partial charge is 0.356 e. The van der Waals surface area contributed by atoms with E-state index in [-0.39, 0.29) is 5.54 Å². The third-order valence-electron chi connectivity index (χ3n) is 2.31. The molecule has 0 fully saturated rings. The van der Waals surface area contributed by atoms with Gasteiger partial charge in [0.05, 0.1) is 6.54 Å². The molecule has 4 heteroatoms. The molecule has 0 aliphatic carbocycles. The van der Waals surface area contributed by atoms with Gasteiger partial charge in [0.15, 0.2) is 5.96 Å². The van der Waals surface area contributed by atoms with Gasteiger partial charge in [-0.2, -0.15) is 0 Å². The SMILES string of the molecule is CC(C)(C)N1CCN=C1NCCCN. The van der Waals surface area contributed by atoms with Crippen LogP contribution in [0.15, 0.2) is 4.99 Å². The molecule has 3 N–H and O–H groups in total. The zero-order valence-electron chi connectivity index (χ0n) is 9.51. The van der Waals surface area contributed by atoms with E-state index in [4.69, 9.17) is 5.73 Å². The van der Waals surface area contributed by atoms with E-state index in [1.165, 1.54) is 0 Å². The van der Waals surface area contributed by atoms with E-state index >= 15 is 0 Å². The Kier molecular flexibility index (Phi) is 3.75. The first-order chi connectivity index (χ1) is 6.55. The van der Waals surface area contributed by atoms with Crippen molar-refractivity contribution in [2.45, 2.75) is 32.7 Å². The van der Waals surface area contributed by atoms with Crippen molar-refractivity contribution in [3.8, 4) is 0 Å². The van der Waals surface area contributed by atoms with E-state index in [0.717, 1.165) is 38.6 Å². The number of nitrogens with zero attached hydrogens (tertiary/aromatic N) is 2. The lowest BCUT2D eigenvalue weighted by atomic mass is 10.1. The van der Waals surface area contributed by atoms with Gasteiger partial charge in [0, 0.05) is 18.6 Å². The van der Waals surface area contributed by atoms with E-state index in [0.29, 0.717) is 0 Å². The number of guanidine groups is 1. The van der Waals surface area contributed by atoms with Crippen LogP contribution in [0.5, 0.6) is 0 Å². The smallest absolute Gasteiger partial charge is 0.194 e. The lowest BCUT2D eigenvalue weighted by Crippen LogP contribution is -2.49. The summed E-state index contributed by atoms with van der Waals surface area (Å²) < 4.78 is 0. The van der Waals surface area contributed by atoms with Gasteiger partial charge in [0.25, 0.3) is 0 Å². The number of rotatable bonds is 3. The Labute approximate surface area is 86.6 Å². The number of aliphatic imine (C=N–C) groups is 1. The van der Waals surface area contributed by atoms with E-state index in [9.17, 15) is 0 Å². The Balaban J connectivity index is 2.43. The van der Waals surface area contributed by atoms with Gasteiger partial charge in [-0.05, 0) is 33.7 Å². The van der Waals surface area contributed by atoms with Gasteiger partial charge in [-0.25, -0.2) is 0 Å². The summed E-state index contributed by atoms with van der Waals surface area (Å²) in [7, 11) is 0. The van der Waals surface area contributed by atoms with Crippen LogP contribution in [0.25, 0.3) is 0 Å². The van der Waals surface area contributed by atoms with Gasteiger partial charge < -0.3 is 16.0 Å². The summed E-state index contributed by atoms with van der Waals surface area (Å²) in [6.45, 7) is 10.2. The van der Waals surface area contributed by atoms with Crippen molar-refractivity contribution in [3.05, 3.63) is 0 Å². The highest BCUT2D eigenvalue weighted by atomic mass is 15.4. The number of nitrogens with one attached hydrogen (secondary N) is 1. The second-order valence-corrected chi connectivity index (χ2v) is 4.60. The Bertz CT molecular complexity index is 205. The second kappa shape index (κ2) is 4.64. The molecule has 0 aromatic carbocycles. The van der Waals surface area contributed by atoms with E-state index in [2.05, 4.69) is 36.0 Å². The fourth-order valence-electron chi connectivity index (χ4n) is 1.55. The topological polar surface area (TPSA) is 53.6 Å². The van der Waals surface area contributed by atoms with Gasteiger partial charge >= 0.3 is 0 Å². The fourth-order valence-corrected chi connectivity index (χ4v) is 1.55. The van der Waals surface area contributed by atoms with Crippen LogP contribution >= 0.6 is 0 Å². The summed E-state index contributed by atoms with van der Waals surface area (Å²) in [5, 5.41) is 3.34. The maximum atomic E-state index is 5.44. The van der Waals surface area contributed by atoms with Crippen molar-refractivity contribution in [1.82, 2.24) is 10.2 Å². The van der Waals surface area contributed by atoms with Crippen molar-refractivity contribution >= 4 is 5.96 Å². The normalized spacial score (nSPS) is 17.1. The monoisotopic (exact) mass is 198 g/mol. The van der Waals surface area contributed by atoms with Crippen LogP contribution in [0.2, 0.25) is 0 Å². The molecule has 82 valence electrons. The minimum atomic E-state index is 0.158. The summed E-state index contributed by atoms with van der Waals surface area (Å²) in [6.07, 6.45) is 0.997. The highest BCUT2D eigenvalue weighted by molar-refractivity contribution is 5.82. The predicted molar refractivity (Wildman–Crippen MR) is 60.4 cm³/mol. The van der Waals surface area contributed by atoms with Crippen LogP contribution in [-0.2, 0) is 0 Å². The second-order valence-electron chi connectivity index (χ2n) is 4.60. The molecule has 0 unspecified atom stereocenters. The van der Waals surface area contributed by atoms with E-state index in [1.54, 1.807) is 0 Å². The third-order valence-corrected chi connectivity index (χ3v) is 2.31. The molecular formula is C10H22N4. The molecule has 14 heavy (non-hydrogen) atoms. The first-order valence-electron chi connectivity index (χ1n) is 5.32. The maximum absolute atomic E-state index is 5.44.